The summed E-state index contributed by atoms with van der Waals surface area (Å²) in [5.41, 5.74) is 0.625. The Bertz CT molecular complexity index is 1970. The van der Waals surface area contributed by atoms with Gasteiger partial charge < -0.3 is 67.8 Å². The molecular formula is C52H81N3O15. The number of para-hydroxylation sites is 1. The zero-order valence-corrected chi connectivity index (χ0v) is 43.0. The Morgan fingerprint density at radius 2 is 1.76 bits per heavy atom. The van der Waals surface area contributed by atoms with E-state index < -0.39 is 109 Å². The van der Waals surface area contributed by atoms with E-state index in [1.165, 1.54) is 19.6 Å². The number of likely N-dealkylation sites (N-methyl/N-ethyl adjacent to an activating group) is 2. The van der Waals surface area contributed by atoms with Crippen molar-refractivity contribution in [1.82, 2.24) is 14.8 Å². The lowest BCUT2D eigenvalue weighted by molar-refractivity contribution is -0.340. The molecule has 1 aromatic heterocycles. The maximum absolute atomic E-state index is 13.8. The van der Waals surface area contributed by atoms with Gasteiger partial charge in [0.25, 0.3) is 0 Å². The molecule has 1 aromatic carbocycles. The van der Waals surface area contributed by atoms with E-state index in [0.717, 1.165) is 36.5 Å². The summed E-state index contributed by atoms with van der Waals surface area (Å²) >= 11 is 0. The number of carbonyl (C=O) groups excluding carboxylic acids is 4. The van der Waals surface area contributed by atoms with Crippen LogP contribution in [-0.2, 0) is 63.5 Å². The first-order valence-corrected chi connectivity index (χ1v) is 25.2. The number of hydrogen-bond donors (Lipinski definition) is 3. The highest BCUT2D eigenvalue weighted by Crippen LogP contribution is 2.39. The molecule has 394 valence electrons. The van der Waals surface area contributed by atoms with Crippen molar-refractivity contribution in [3.63, 3.8) is 0 Å². The van der Waals surface area contributed by atoms with E-state index in [1.807, 2.05) is 38.4 Å². The summed E-state index contributed by atoms with van der Waals surface area (Å²) in [6.45, 7) is 11.4. The lowest BCUT2D eigenvalue weighted by Gasteiger charge is -2.50. The number of hydrogen-bond acceptors (Lipinski definition) is 18. The molecule has 0 saturated carbocycles. The van der Waals surface area contributed by atoms with E-state index in [0.29, 0.717) is 19.5 Å². The molecule has 0 amide bonds. The van der Waals surface area contributed by atoms with Crippen molar-refractivity contribution in [3.8, 4) is 0 Å². The van der Waals surface area contributed by atoms with Gasteiger partial charge in [-0.15, -0.1) is 0 Å². The molecule has 1 unspecified atom stereocenters. The van der Waals surface area contributed by atoms with Crippen LogP contribution in [0.2, 0.25) is 0 Å². The van der Waals surface area contributed by atoms with Gasteiger partial charge in [-0.1, -0.05) is 32.0 Å². The number of cyclic esters (lactones) is 1. The Balaban J connectivity index is 1.39. The summed E-state index contributed by atoms with van der Waals surface area (Å²) in [6, 6.07) is 9.34. The number of aliphatic hydroxyl groups is 3. The maximum atomic E-state index is 13.8. The molecule has 70 heavy (non-hydrogen) atoms. The molecule has 18 nitrogen and oxygen atoms in total. The lowest BCUT2D eigenvalue weighted by atomic mass is 9.80. The smallest absolute Gasteiger partial charge is 0.314 e. The number of methoxy groups -OCH3 is 1. The molecule has 0 aliphatic carbocycles. The number of nitrogens with zero attached hydrogens (tertiary/aromatic N) is 3. The van der Waals surface area contributed by atoms with E-state index in [2.05, 4.69) is 22.0 Å². The van der Waals surface area contributed by atoms with Crippen LogP contribution < -0.4 is 0 Å². The fourth-order valence-corrected chi connectivity index (χ4v) is 10.7. The third-order valence-electron chi connectivity index (χ3n) is 14.4. The molecule has 3 saturated heterocycles. The molecule has 16 atom stereocenters. The number of carbonyl (C=O) groups is 4. The van der Waals surface area contributed by atoms with Gasteiger partial charge in [-0.05, 0) is 116 Å². The zero-order chi connectivity index (χ0) is 51.3. The van der Waals surface area contributed by atoms with Gasteiger partial charge in [-0.25, -0.2) is 0 Å². The first-order valence-electron chi connectivity index (χ1n) is 25.2. The van der Waals surface area contributed by atoms with E-state index in [4.69, 9.17) is 37.9 Å². The van der Waals surface area contributed by atoms with Crippen molar-refractivity contribution in [2.45, 2.75) is 172 Å². The molecule has 18 heteroatoms. The number of pyridine rings is 1. The monoisotopic (exact) mass is 988 g/mol. The van der Waals surface area contributed by atoms with E-state index in [9.17, 15) is 34.5 Å². The minimum Gasteiger partial charge on any atom is -0.466 e. The number of rotatable bonds is 16. The highest BCUT2D eigenvalue weighted by atomic mass is 16.7. The minimum absolute atomic E-state index is 0.00471. The molecule has 4 heterocycles. The van der Waals surface area contributed by atoms with Gasteiger partial charge in [0, 0.05) is 51.0 Å². The average molecular weight is 988 g/mol. The van der Waals surface area contributed by atoms with Crippen LogP contribution in [0.4, 0.5) is 0 Å². The Morgan fingerprint density at radius 1 is 1.01 bits per heavy atom. The number of ether oxygens (including phenoxy) is 8. The topological polar surface area (TPSA) is 222 Å². The summed E-state index contributed by atoms with van der Waals surface area (Å²) in [4.78, 5) is 60.7. The van der Waals surface area contributed by atoms with Crippen LogP contribution in [0.15, 0.2) is 36.5 Å². The quantitative estimate of drug-likeness (QED) is 0.122. The molecule has 3 N–H and O–H groups in total. The molecule has 3 aliphatic heterocycles. The number of aldehydes is 1. The minimum atomic E-state index is -1.54. The SMILES string of the molecule is CCOC(=O)[C@H]1[C@H](C)O[C@@H](O[C@H]2[C@H](N(C)C)[C@@H](O)[C@H](O[C@H]3[C@@H](CC=O)C[C@@H](C)[C@@H](O)CN(C)CC(CCCc4ccnc5ccccc45)CCOC(=O)C[C@@H](OC(=O)CC)[C@@H]3OC)O[C@@H]2C)C[C@@]1(C)O. The van der Waals surface area contributed by atoms with E-state index >= 15 is 0 Å². The fraction of sp³-hybridized carbons (Fsp3) is 0.750. The normalized spacial score (nSPS) is 35.5. The van der Waals surface area contributed by atoms with Gasteiger partial charge in [-0.2, -0.15) is 0 Å². The Labute approximate surface area is 413 Å². The zero-order valence-electron chi connectivity index (χ0n) is 43.0. The van der Waals surface area contributed by atoms with Gasteiger partial charge in [0.15, 0.2) is 12.6 Å². The number of aryl methyl sites for hydroxylation is 1. The molecule has 2 aromatic rings. The predicted molar refractivity (Wildman–Crippen MR) is 258 cm³/mol. The highest BCUT2D eigenvalue weighted by molar-refractivity contribution is 5.81. The molecule has 0 spiro atoms. The molecular weight excluding hydrogens is 907 g/mol. The highest BCUT2D eigenvalue weighted by Gasteiger charge is 2.54. The number of aliphatic hydroxyl groups excluding tert-OH is 2. The van der Waals surface area contributed by atoms with Gasteiger partial charge in [0.1, 0.15) is 36.6 Å². The second-order valence-electron chi connectivity index (χ2n) is 20.1. The van der Waals surface area contributed by atoms with Crippen molar-refractivity contribution in [1.29, 1.82) is 0 Å². The Morgan fingerprint density at radius 3 is 2.43 bits per heavy atom. The molecule has 0 bridgehead atoms. The van der Waals surface area contributed by atoms with Crippen LogP contribution in [0.25, 0.3) is 10.9 Å². The number of β-amino-alcohol motifs (C(OH)–C–C–N with tert-alkyl or cyclic N) is 1. The first kappa shape index (κ1) is 57.2. The second kappa shape index (κ2) is 26.8. The molecule has 0 radical (unpaired) electrons. The van der Waals surface area contributed by atoms with Crippen molar-refractivity contribution >= 4 is 35.1 Å². The van der Waals surface area contributed by atoms with E-state index in [1.54, 1.807) is 46.7 Å². The molecule has 3 aliphatic rings. The number of benzene rings is 1. The summed E-state index contributed by atoms with van der Waals surface area (Å²) < 4.78 is 49.1. The van der Waals surface area contributed by atoms with Crippen LogP contribution in [-0.4, -0.2) is 182 Å². The van der Waals surface area contributed by atoms with Gasteiger partial charge in [-0.3, -0.25) is 19.4 Å². The second-order valence-corrected chi connectivity index (χ2v) is 20.1. The average Bonchev–Trinajstić information content (AvgIpc) is 3.29. The van der Waals surface area contributed by atoms with Crippen molar-refractivity contribution in [2.24, 2.45) is 23.7 Å². The standard InChI is InChI=1S/C52H81N3O15/c1-11-41(58)68-40-27-42(59)65-25-22-34(16-15-17-35-20-23-53-38-19-14-13-18-37(35)38)29-55(9)30-39(57)31(3)26-36(21-24-56)48(49(40)63-10)70-51-46(60)45(54(7)8)47(33(5)67-51)69-43-28-52(6,62)44(32(4)66-43)50(61)64-12-2/h13-14,18-20,23-24,31-34,36,39-40,43-49,51,57,60,62H,11-12,15-17,21-22,25-30H2,1-10H3/t31-,32+,33-,34?,36+,39+,40-,43+,44-,45-,46-,47-,48+,49+,51+,52-/m1/s1. The lowest BCUT2D eigenvalue weighted by Crippen LogP contribution is -2.65. The fourth-order valence-electron chi connectivity index (χ4n) is 10.7. The van der Waals surface area contributed by atoms with Crippen LogP contribution in [0.5, 0.6) is 0 Å². The van der Waals surface area contributed by atoms with Crippen LogP contribution >= 0.6 is 0 Å². The summed E-state index contributed by atoms with van der Waals surface area (Å²) in [5.74, 6) is -3.71. The van der Waals surface area contributed by atoms with E-state index in [-0.39, 0.29) is 50.7 Å². The largest absolute Gasteiger partial charge is 0.466 e. The first-order chi connectivity index (χ1) is 33.3. The van der Waals surface area contributed by atoms with Crippen LogP contribution in [0.3, 0.4) is 0 Å². The maximum Gasteiger partial charge on any atom is 0.314 e. The third kappa shape index (κ3) is 15.2. The van der Waals surface area contributed by atoms with Crippen LogP contribution in [0.1, 0.15) is 98.5 Å². The number of fused-ring (bicyclic) bond motifs is 1. The predicted octanol–water partition coefficient (Wildman–Crippen LogP) is 4.24. The van der Waals surface area contributed by atoms with Crippen molar-refractivity contribution in [3.05, 3.63) is 42.1 Å². The summed E-state index contributed by atoms with van der Waals surface area (Å²) in [5, 5.41) is 36.6. The van der Waals surface area contributed by atoms with Crippen LogP contribution in [0, 0.1) is 23.7 Å². The van der Waals surface area contributed by atoms with Crippen molar-refractivity contribution in [2.75, 3.05) is 54.6 Å². The number of aromatic nitrogens is 1. The Kier molecular flexibility index (Phi) is 21.9. The Hall–Kier alpha value is -3.69. The summed E-state index contributed by atoms with van der Waals surface area (Å²) in [7, 11) is 6.87. The van der Waals surface area contributed by atoms with Gasteiger partial charge >= 0.3 is 17.9 Å². The van der Waals surface area contributed by atoms with Gasteiger partial charge in [0.05, 0.1) is 61.2 Å². The van der Waals surface area contributed by atoms with Gasteiger partial charge in [0.2, 0.25) is 0 Å². The van der Waals surface area contributed by atoms with Crippen molar-refractivity contribution < 1.29 is 72.4 Å². The molecule has 5 rings (SSSR count). The number of esters is 3. The third-order valence-corrected chi connectivity index (χ3v) is 14.4. The molecule has 3 fully saturated rings. The summed E-state index contributed by atoms with van der Waals surface area (Å²) in [6.07, 6.45) is -5.15.